The van der Waals surface area contributed by atoms with E-state index in [1.54, 1.807) is 30.3 Å². The van der Waals surface area contributed by atoms with Gasteiger partial charge in [-0.15, -0.1) is 0 Å². The van der Waals surface area contributed by atoms with Crippen molar-refractivity contribution in [2.45, 2.75) is 35.9 Å². The summed E-state index contributed by atoms with van der Waals surface area (Å²) in [4.78, 5) is 25.1. The lowest BCUT2D eigenvalue weighted by Gasteiger charge is -2.21. The zero-order valence-corrected chi connectivity index (χ0v) is 18.2. The predicted molar refractivity (Wildman–Crippen MR) is 112 cm³/mol. The third kappa shape index (κ3) is 5.88. The number of amides is 1. The molecule has 1 fully saturated rings. The number of esters is 1. The second kappa shape index (κ2) is 9.69. The molecule has 0 spiro atoms. The molecule has 0 aromatic heterocycles. The second-order valence-electron chi connectivity index (χ2n) is 6.82. The molecule has 3 N–H and O–H groups in total. The zero-order valence-electron chi connectivity index (χ0n) is 15.8. The predicted octanol–water partition coefficient (Wildman–Crippen LogP) is 1.65. The first-order chi connectivity index (χ1) is 14.3. The number of carbonyl (C=O) groups excluding carboxylic acids is 2. The maximum absolute atomic E-state index is 12.6. The van der Waals surface area contributed by atoms with E-state index in [9.17, 15) is 23.1 Å². The normalized spacial score (nSPS) is 15.8. The average Bonchev–Trinajstić information content (AvgIpc) is 3.55. The van der Waals surface area contributed by atoms with Crippen LogP contribution in [-0.4, -0.2) is 44.1 Å². The van der Waals surface area contributed by atoms with Crippen LogP contribution in [0.2, 0.25) is 0 Å². The molecule has 2 atom stereocenters. The Labute approximate surface area is 182 Å². The quantitative estimate of drug-likeness (QED) is 0.453. The van der Waals surface area contributed by atoms with Gasteiger partial charge in [-0.2, -0.15) is 4.72 Å². The molecule has 0 bridgehead atoms. The van der Waals surface area contributed by atoms with Gasteiger partial charge < -0.3 is 15.2 Å². The summed E-state index contributed by atoms with van der Waals surface area (Å²) in [7, 11) is -4.10. The van der Waals surface area contributed by atoms with Gasteiger partial charge in [0.15, 0.2) is 0 Å². The number of carbonyl (C=O) groups is 2. The number of aliphatic hydroxyl groups is 1. The minimum atomic E-state index is -4.10. The van der Waals surface area contributed by atoms with E-state index in [0.717, 1.165) is 12.8 Å². The number of sulfonamides is 1. The maximum atomic E-state index is 12.6. The molecule has 2 aromatic rings. The molecule has 1 aliphatic carbocycles. The maximum Gasteiger partial charge on any atom is 0.327 e. The van der Waals surface area contributed by atoms with Gasteiger partial charge in [-0.3, -0.25) is 9.59 Å². The van der Waals surface area contributed by atoms with Gasteiger partial charge in [0.2, 0.25) is 16.1 Å². The van der Waals surface area contributed by atoms with E-state index >= 15 is 0 Å². The van der Waals surface area contributed by atoms with Gasteiger partial charge in [-0.05, 0) is 37.1 Å². The molecule has 2 unspecified atom stereocenters. The smallest absolute Gasteiger partial charge is 0.327 e. The SMILES string of the molecule is O=C(OC(C(=O)NC1CC1)c1ccccc1)C(CO)NS(=O)(=O)c1ccc(Br)cc1. The molecule has 1 amide bonds. The summed E-state index contributed by atoms with van der Waals surface area (Å²) in [6.45, 7) is -0.833. The van der Waals surface area contributed by atoms with Crippen LogP contribution >= 0.6 is 15.9 Å². The third-order valence-corrected chi connectivity index (χ3v) is 6.40. The van der Waals surface area contributed by atoms with Gasteiger partial charge in [-0.1, -0.05) is 46.3 Å². The molecule has 10 heteroatoms. The Morgan fingerprint density at radius 2 is 1.73 bits per heavy atom. The number of rotatable bonds is 9. The highest BCUT2D eigenvalue weighted by Crippen LogP contribution is 2.24. The van der Waals surface area contributed by atoms with Crippen molar-refractivity contribution in [1.29, 1.82) is 0 Å². The third-order valence-electron chi connectivity index (χ3n) is 4.39. The second-order valence-corrected chi connectivity index (χ2v) is 9.45. The Balaban J connectivity index is 1.75. The molecule has 1 aliphatic rings. The van der Waals surface area contributed by atoms with E-state index in [1.807, 2.05) is 0 Å². The zero-order chi connectivity index (χ0) is 21.7. The van der Waals surface area contributed by atoms with Gasteiger partial charge in [0.25, 0.3) is 5.91 Å². The summed E-state index contributed by atoms with van der Waals surface area (Å²) < 4.78 is 33.2. The van der Waals surface area contributed by atoms with Crippen molar-refractivity contribution in [3.63, 3.8) is 0 Å². The van der Waals surface area contributed by atoms with Crippen molar-refractivity contribution in [2.75, 3.05) is 6.61 Å². The molecule has 160 valence electrons. The fourth-order valence-corrected chi connectivity index (χ4v) is 4.07. The summed E-state index contributed by atoms with van der Waals surface area (Å²) in [5.74, 6) is -1.55. The molecule has 3 rings (SSSR count). The summed E-state index contributed by atoms with van der Waals surface area (Å²) in [6, 6.07) is 12.7. The first-order valence-corrected chi connectivity index (χ1v) is 11.5. The van der Waals surface area contributed by atoms with Crippen LogP contribution in [0.1, 0.15) is 24.5 Å². The molecule has 0 heterocycles. The minimum absolute atomic E-state index is 0.0481. The summed E-state index contributed by atoms with van der Waals surface area (Å²) in [5, 5.41) is 12.4. The van der Waals surface area contributed by atoms with E-state index in [-0.39, 0.29) is 10.9 Å². The largest absolute Gasteiger partial charge is 0.446 e. The molecular formula is C20H21BrN2O6S. The number of benzene rings is 2. The number of halogens is 1. The van der Waals surface area contributed by atoms with Crippen LogP contribution in [0.15, 0.2) is 64.0 Å². The van der Waals surface area contributed by atoms with Crippen LogP contribution in [0.25, 0.3) is 0 Å². The number of ether oxygens (including phenoxy) is 1. The highest BCUT2D eigenvalue weighted by atomic mass is 79.9. The Bertz CT molecular complexity index is 994. The van der Waals surface area contributed by atoms with E-state index in [1.165, 1.54) is 24.3 Å². The molecule has 2 aromatic carbocycles. The van der Waals surface area contributed by atoms with E-state index in [0.29, 0.717) is 10.0 Å². The lowest BCUT2D eigenvalue weighted by molar-refractivity contribution is -0.159. The fourth-order valence-electron chi connectivity index (χ4n) is 2.63. The van der Waals surface area contributed by atoms with Gasteiger partial charge >= 0.3 is 5.97 Å². The lowest BCUT2D eigenvalue weighted by Crippen LogP contribution is -2.45. The van der Waals surface area contributed by atoms with Crippen molar-refractivity contribution in [3.05, 3.63) is 64.6 Å². The van der Waals surface area contributed by atoms with Crippen LogP contribution in [0.5, 0.6) is 0 Å². The minimum Gasteiger partial charge on any atom is -0.446 e. The first kappa shape index (κ1) is 22.4. The van der Waals surface area contributed by atoms with Crippen LogP contribution in [0.3, 0.4) is 0 Å². The highest BCUT2D eigenvalue weighted by Gasteiger charge is 2.34. The number of hydrogen-bond donors (Lipinski definition) is 3. The molecule has 1 saturated carbocycles. The number of nitrogens with one attached hydrogen (secondary N) is 2. The van der Waals surface area contributed by atoms with E-state index in [2.05, 4.69) is 26.0 Å². The number of hydrogen-bond acceptors (Lipinski definition) is 6. The van der Waals surface area contributed by atoms with Crippen molar-refractivity contribution in [1.82, 2.24) is 10.0 Å². The van der Waals surface area contributed by atoms with Crippen LogP contribution < -0.4 is 10.0 Å². The Morgan fingerprint density at radius 1 is 1.10 bits per heavy atom. The van der Waals surface area contributed by atoms with Crippen molar-refractivity contribution < 1.29 is 27.9 Å². The van der Waals surface area contributed by atoms with Crippen molar-refractivity contribution >= 4 is 37.8 Å². The van der Waals surface area contributed by atoms with Gasteiger partial charge in [0.1, 0.15) is 6.04 Å². The van der Waals surface area contributed by atoms with Crippen LogP contribution in [0, 0.1) is 0 Å². The summed E-state index contributed by atoms with van der Waals surface area (Å²) in [6.07, 6.45) is 0.450. The number of aliphatic hydroxyl groups excluding tert-OH is 1. The summed E-state index contributed by atoms with van der Waals surface area (Å²) in [5.41, 5.74) is 0.441. The Morgan fingerprint density at radius 3 is 2.30 bits per heavy atom. The molecular weight excluding hydrogens is 476 g/mol. The van der Waals surface area contributed by atoms with E-state index < -0.39 is 40.7 Å². The molecule has 0 saturated heterocycles. The molecule has 8 nitrogen and oxygen atoms in total. The van der Waals surface area contributed by atoms with Gasteiger partial charge in [0.05, 0.1) is 11.5 Å². The Hall–Kier alpha value is -2.27. The monoisotopic (exact) mass is 496 g/mol. The van der Waals surface area contributed by atoms with Crippen LogP contribution in [-0.2, 0) is 24.3 Å². The van der Waals surface area contributed by atoms with Crippen LogP contribution in [0.4, 0.5) is 0 Å². The fraction of sp³-hybridized carbons (Fsp3) is 0.300. The summed E-state index contributed by atoms with van der Waals surface area (Å²) >= 11 is 3.22. The Kier molecular flexibility index (Phi) is 7.24. The molecule has 0 radical (unpaired) electrons. The lowest BCUT2D eigenvalue weighted by atomic mass is 10.1. The first-order valence-electron chi connectivity index (χ1n) is 9.25. The standard InChI is InChI=1S/C20H21BrN2O6S/c21-14-6-10-16(11-7-14)30(27,28)23-17(12-24)20(26)29-18(13-4-2-1-3-5-13)19(25)22-15-8-9-15/h1-7,10-11,15,17-18,23-24H,8-9,12H2,(H,22,25). The van der Waals surface area contributed by atoms with Gasteiger partial charge in [0, 0.05) is 16.1 Å². The highest BCUT2D eigenvalue weighted by molar-refractivity contribution is 9.10. The topological polar surface area (TPSA) is 122 Å². The average molecular weight is 497 g/mol. The van der Waals surface area contributed by atoms with Gasteiger partial charge in [-0.25, -0.2) is 8.42 Å². The van der Waals surface area contributed by atoms with E-state index in [4.69, 9.17) is 4.74 Å². The van der Waals surface area contributed by atoms with Crippen molar-refractivity contribution in [2.24, 2.45) is 0 Å². The molecule has 30 heavy (non-hydrogen) atoms. The molecule has 0 aliphatic heterocycles. The van der Waals surface area contributed by atoms with Crippen molar-refractivity contribution in [3.8, 4) is 0 Å².